The Bertz CT molecular complexity index is 447. The fraction of sp³-hybridized carbons (Fsp3) is 0.692. The van der Waals surface area contributed by atoms with Gasteiger partial charge in [-0.3, -0.25) is 9.48 Å². The van der Waals surface area contributed by atoms with Gasteiger partial charge in [-0.05, 0) is 49.0 Å². The van der Waals surface area contributed by atoms with E-state index in [2.05, 4.69) is 34.9 Å². The molecule has 1 aliphatic carbocycles. The minimum atomic E-state index is -0.0829. The highest BCUT2D eigenvalue weighted by atomic mass is 79.9. The Morgan fingerprint density at radius 3 is 2.53 bits per heavy atom. The SMILES string of the molecule is CCc1nn(CC)c(CC2(C(C)=O)CC2)c1Br. The molecular weight excluding hydrogens is 280 g/mol. The van der Waals surface area contributed by atoms with E-state index in [0.717, 1.165) is 42.4 Å². The van der Waals surface area contributed by atoms with Crippen molar-refractivity contribution in [1.29, 1.82) is 0 Å². The number of nitrogens with zero attached hydrogens (tertiary/aromatic N) is 2. The van der Waals surface area contributed by atoms with Gasteiger partial charge in [-0.2, -0.15) is 5.10 Å². The third-order valence-corrected chi connectivity index (χ3v) is 4.72. The maximum Gasteiger partial charge on any atom is 0.136 e. The number of ketones is 1. The third-order valence-electron chi connectivity index (χ3n) is 3.80. The van der Waals surface area contributed by atoms with Gasteiger partial charge < -0.3 is 0 Å². The number of Topliss-reactive ketones (excluding diaryl/α,β-unsaturated/α-hetero) is 1. The van der Waals surface area contributed by atoms with Crippen LogP contribution in [0.4, 0.5) is 0 Å². The molecule has 4 heteroatoms. The van der Waals surface area contributed by atoms with E-state index in [1.54, 1.807) is 6.92 Å². The van der Waals surface area contributed by atoms with Crippen LogP contribution < -0.4 is 0 Å². The van der Waals surface area contributed by atoms with Crippen molar-refractivity contribution < 1.29 is 4.79 Å². The van der Waals surface area contributed by atoms with Crippen LogP contribution in [0.15, 0.2) is 4.47 Å². The second-order valence-corrected chi connectivity index (χ2v) is 5.68. The number of carbonyl (C=O) groups is 1. The Balaban J connectivity index is 2.32. The third kappa shape index (κ3) is 2.19. The normalized spacial score (nSPS) is 17.2. The van der Waals surface area contributed by atoms with Gasteiger partial charge in [-0.1, -0.05) is 6.92 Å². The highest BCUT2D eigenvalue weighted by Crippen LogP contribution is 2.50. The van der Waals surface area contributed by atoms with E-state index < -0.39 is 0 Å². The number of hydrogen-bond acceptors (Lipinski definition) is 2. The molecule has 3 nitrogen and oxygen atoms in total. The van der Waals surface area contributed by atoms with Crippen LogP contribution in [0, 0.1) is 5.41 Å². The molecule has 1 aliphatic rings. The minimum absolute atomic E-state index is 0.0829. The first-order chi connectivity index (χ1) is 8.04. The van der Waals surface area contributed by atoms with Crippen molar-refractivity contribution in [3.63, 3.8) is 0 Å². The zero-order chi connectivity index (χ0) is 12.6. The summed E-state index contributed by atoms with van der Waals surface area (Å²) in [6.45, 7) is 6.78. The standard InChI is InChI=1S/C13H19BrN2O/c1-4-10-12(14)11(16(5-2)15-10)8-13(6-7-13)9(3)17/h4-8H2,1-3H3. The Labute approximate surface area is 111 Å². The molecule has 1 heterocycles. The van der Waals surface area contributed by atoms with Crippen LogP contribution in [-0.4, -0.2) is 15.6 Å². The Morgan fingerprint density at radius 1 is 1.47 bits per heavy atom. The average molecular weight is 299 g/mol. The lowest BCUT2D eigenvalue weighted by Gasteiger charge is -2.12. The summed E-state index contributed by atoms with van der Waals surface area (Å²) in [7, 11) is 0. The fourth-order valence-corrected chi connectivity index (χ4v) is 3.02. The first-order valence-electron chi connectivity index (χ1n) is 6.29. The summed E-state index contributed by atoms with van der Waals surface area (Å²) >= 11 is 3.64. The largest absolute Gasteiger partial charge is 0.299 e. The zero-order valence-corrected chi connectivity index (χ0v) is 12.3. The fourth-order valence-electron chi connectivity index (χ4n) is 2.31. The molecule has 0 atom stereocenters. The van der Waals surface area contributed by atoms with Gasteiger partial charge in [0.1, 0.15) is 5.78 Å². The number of aryl methyl sites for hydroxylation is 2. The maximum atomic E-state index is 11.7. The van der Waals surface area contributed by atoms with Gasteiger partial charge in [0.05, 0.1) is 15.9 Å². The van der Waals surface area contributed by atoms with Gasteiger partial charge in [0, 0.05) is 18.4 Å². The van der Waals surface area contributed by atoms with Crippen LogP contribution in [0.1, 0.15) is 45.0 Å². The van der Waals surface area contributed by atoms with Crippen molar-refractivity contribution in [3.05, 3.63) is 15.9 Å². The molecule has 0 unspecified atom stereocenters. The number of carbonyl (C=O) groups excluding carboxylic acids is 1. The molecule has 1 fully saturated rings. The minimum Gasteiger partial charge on any atom is -0.299 e. The second-order valence-electron chi connectivity index (χ2n) is 4.89. The van der Waals surface area contributed by atoms with Crippen molar-refractivity contribution in [2.75, 3.05) is 0 Å². The summed E-state index contributed by atoms with van der Waals surface area (Å²) in [5, 5.41) is 4.58. The van der Waals surface area contributed by atoms with Crippen molar-refractivity contribution in [3.8, 4) is 0 Å². The molecule has 1 aromatic heterocycles. The number of hydrogen-bond donors (Lipinski definition) is 0. The van der Waals surface area contributed by atoms with Crippen LogP contribution in [0.3, 0.4) is 0 Å². The molecule has 0 bridgehead atoms. The average Bonchev–Trinajstić information content (AvgIpc) is 3.02. The molecule has 0 amide bonds. The lowest BCUT2D eigenvalue weighted by atomic mass is 9.95. The van der Waals surface area contributed by atoms with Crippen molar-refractivity contribution in [2.24, 2.45) is 5.41 Å². The molecule has 0 N–H and O–H groups in total. The smallest absolute Gasteiger partial charge is 0.136 e. The Hall–Kier alpha value is -0.640. The molecule has 0 spiro atoms. The van der Waals surface area contributed by atoms with E-state index in [9.17, 15) is 4.79 Å². The summed E-state index contributed by atoms with van der Waals surface area (Å²) in [5.41, 5.74) is 2.21. The van der Waals surface area contributed by atoms with Crippen molar-refractivity contribution >= 4 is 21.7 Å². The van der Waals surface area contributed by atoms with E-state index >= 15 is 0 Å². The van der Waals surface area contributed by atoms with Crippen LogP contribution in [0.25, 0.3) is 0 Å². The summed E-state index contributed by atoms with van der Waals surface area (Å²) < 4.78 is 3.14. The molecule has 0 aliphatic heterocycles. The van der Waals surface area contributed by atoms with E-state index in [4.69, 9.17) is 0 Å². The maximum absolute atomic E-state index is 11.7. The molecule has 2 rings (SSSR count). The first kappa shape index (κ1) is 12.8. The predicted octanol–water partition coefficient (Wildman–Crippen LogP) is 3.14. The highest BCUT2D eigenvalue weighted by molar-refractivity contribution is 9.10. The van der Waals surface area contributed by atoms with E-state index in [0.29, 0.717) is 5.78 Å². The van der Waals surface area contributed by atoms with E-state index in [1.165, 1.54) is 5.69 Å². The van der Waals surface area contributed by atoms with Gasteiger partial charge in [0.15, 0.2) is 0 Å². The summed E-state index contributed by atoms with van der Waals surface area (Å²) in [6, 6.07) is 0. The topological polar surface area (TPSA) is 34.9 Å². The Morgan fingerprint density at radius 2 is 2.12 bits per heavy atom. The van der Waals surface area contributed by atoms with Gasteiger partial charge in [0.2, 0.25) is 0 Å². The molecule has 1 saturated carbocycles. The summed E-state index contributed by atoms with van der Waals surface area (Å²) in [6.07, 6.45) is 3.83. The lowest BCUT2D eigenvalue weighted by molar-refractivity contribution is -0.122. The van der Waals surface area contributed by atoms with Crippen LogP contribution >= 0.6 is 15.9 Å². The second kappa shape index (κ2) is 4.56. The monoisotopic (exact) mass is 298 g/mol. The van der Waals surface area contributed by atoms with Crippen LogP contribution in [0.2, 0.25) is 0 Å². The van der Waals surface area contributed by atoms with E-state index in [1.807, 2.05) is 4.68 Å². The Kier molecular flexibility index (Phi) is 3.43. The number of aromatic nitrogens is 2. The first-order valence-corrected chi connectivity index (χ1v) is 7.08. The van der Waals surface area contributed by atoms with Gasteiger partial charge >= 0.3 is 0 Å². The van der Waals surface area contributed by atoms with Gasteiger partial charge in [0.25, 0.3) is 0 Å². The molecule has 0 radical (unpaired) electrons. The zero-order valence-electron chi connectivity index (χ0n) is 10.7. The molecule has 0 aromatic carbocycles. The number of halogens is 1. The van der Waals surface area contributed by atoms with Gasteiger partial charge in [-0.15, -0.1) is 0 Å². The molecule has 94 valence electrons. The van der Waals surface area contributed by atoms with Crippen molar-refractivity contribution in [2.45, 2.75) is 53.0 Å². The quantitative estimate of drug-likeness (QED) is 0.837. The highest BCUT2D eigenvalue weighted by Gasteiger charge is 2.48. The predicted molar refractivity (Wildman–Crippen MR) is 71.0 cm³/mol. The van der Waals surface area contributed by atoms with Crippen LogP contribution in [0.5, 0.6) is 0 Å². The molecule has 17 heavy (non-hydrogen) atoms. The van der Waals surface area contributed by atoms with Crippen LogP contribution in [-0.2, 0) is 24.2 Å². The van der Waals surface area contributed by atoms with Gasteiger partial charge in [-0.25, -0.2) is 0 Å². The summed E-state index contributed by atoms with van der Waals surface area (Å²) in [5.74, 6) is 0.325. The van der Waals surface area contributed by atoms with E-state index in [-0.39, 0.29) is 5.41 Å². The molecular formula is C13H19BrN2O. The molecule has 0 saturated heterocycles. The van der Waals surface area contributed by atoms with Crippen molar-refractivity contribution in [1.82, 2.24) is 9.78 Å². The lowest BCUT2D eigenvalue weighted by Crippen LogP contribution is -2.18. The summed E-state index contributed by atoms with van der Waals surface area (Å²) in [4.78, 5) is 11.7. The molecule has 1 aromatic rings. The number of rotatable bonds is 5.